The van der Waals surface area contributed by atoms with E-state index in [4.69, 9.17) is 9.47 Å². The molecule has 3 nitrogen and oxygen atoms in total. The second-order valence-electron chi connectivity index (χ2n) is 4.39. The Morgan fingerprint density at radius 3 is 2.76 bits per heavy atom. The van der Waals surface area contributed by atoms with Crippen molar-refractivity contribution < 1.29 is 9.47 Å². The lowest BCUT2D eigenvalue weighted by Gasteiger charge is -2.24. The molecule has 1 atom stereocenters. The fourth-order valence-corrected chi connectivity index (χ4v) is 2.65. The maximum Gasteiger partial charge on any atom is 0.127 e. The molecule has 0 saturated carbocycles. The summed E-state index contributed by atoms with van der Waals surface area (Å²) in [7, 11) is 3.41. The minimum atomic E-state index is 0.501. The van der Waals surface area contributed by atoms with Crippen molar-refractivity contribution in [1.29, 1.82) is 0 Å². The predicted molar refractivity (Wildman–Crippen MR) is 68.8 cm³/mol. The number of nitrogens with zero attached hydrogens (tertiary/aromatic N) is 1. The Balaban J connectivity index is 2.30. The van der Waals surface area contributed by atoms with Crippen LogP contribution in [0.2, 0.25) is 0 Å². The molecule has 2 rings (SSSR count). The summed E-state index contributed by atoms with van der Waals surface area (Å²) in [6.45, 7) is 4.50. The lowest BCUT2D eigenvalue weighted by molar-refractivity contribution is 0.264. The van der Waals surface area contributed by atoms with Crippen LogP contribution in [0.5, 0.6) is 11.5 Å². The van der Waals surface area contributed by atoms with Crippen LogP contribution in [0.3, 0.4) is 0 Å². The van der Waals surface area contributed by atoms with Crippen LogP contribution in [0.1, 0.15) is 31.4 Å². The molecule has 1 fully saturated rings. The molecule has 94 valence electrons. The molecule has 0 unspecified atom stereocenters. The van der Waals surface area contributed by atoms with Gasteiger partial charge in [-0.1, -0.05) is 13.0 Å². The van der Waals surface area contributed by atoms with E-state index < -0.39 is 0 Å². The topological polar surface area (TPSA) is 21.7 Å². The molecule has 0 amide bonds. The quantitative estimate of drug-likeness (QED) is 0.801. The maximum atomic E-state index is 5.49. The first kappa shape index (κ1) is 12.2. The van der Waals surface area contributed by atoms with Crippen molar-refractivity contribution >= 4 is 0 Å². The summed E-state index contributed by atoms with van der Waals surface area (Å²) in [6.07, 6.45) is 2.49. The molecule has 0 spiro atoms. The summed E-state index contributed by atoms with van der Waals surface area (Å²) in [6, 6.07) is 6.63. The van der Waals surface area contributed by atoms with E-state index in [9.17, 15) is 0 Å². The van der Waals surface area contributed by atoms with Gasteiger partial charge >= 0.3 is 0 Å². The predicted octanol–water partition coefficient (Wildman–Crippen LogP) is 2.86. The highest BCUT2D eigenvalue weighted by atomic mass is 16.5. The van der Waals surface area contributed by atoms with E-state index in [-0.39, 0.29) is 0 Å². The lowest BCUT2D eigenvalue weighted by Crippen LogP contribution is -2.23. The van der Waals surface area contributed by atoms with Gasteiger partial charge in [0, 0.05) is 17.7 Å². The number of likely N-dealkylation sites (tertiary alicyclic amines) is 1. The highest BCUT2D eigenvalue weighted by Gasteiger charge is 2.27. The van der Waals surface area contributed by atoms with Gasteiger partial charge in [-0.3, -0.25) is 4.90 Å². The first-order valence-electron chi connectivity index (χ1n) is 6.26. The third kappa shape index (κ3) is 2.39. The summed E-state index contributed by atoms with van der Waals surface area (Å²) in [5.74, 6) is 1.79. The highest BCUT2D eigenvalue weighted by Crippen LogP contribution is 2.38. The van der Waals surface area contributed by atoms with Gasteiger partial charge in [-0.25, -0.2) is 0 Å². The van der Waals surface area contributed by atoms with Gasteiger partial charge in [-0.15, -0.1) is 0 Å². The maximum absolute atomic E-state index is 5.49. The van der Waals surface area contributed by atoms with Crippen LogP contribution in [0.4, 0.5) is 0 Å². The summed E-state index contributed by atoms with van der Waals surface area (Å²) in [5.41, 5.74) is 1.28. The molecule has 1 aromatic carbocycles. The van der Waals surface area contributed by atoms with E-state index in [0.717, 1.165) is 18.0 Å². The fourth-order valence-electron chi connectivity index (χ4n) is 2.65. The van der Waals surface area contributed by atoms with Crippen LogP contribution in [0.15, 0.2) is 18.2 Å². The standard InChI is InChI=1S/C14H21NO2/c1-4-15-9-5-6-13(15)12-8-7-11(16-2)10-14(12)17-3/h7-8,10,13H,4-6,9H2,1-3H3/t13-/m0/s1. The van der Waals surface area contributed by atoms with Crippen molar-refractivity contribution in [2.75, 3.05) is 27.3 Å². The van der Waals surface area contributed by atoms with Crippen LogP contribution < -0.4 is 9.47 Å². The molecule has 1 saturated heterocycles. The summed E-state index contributed by atoms with van der Waals surface area (Å²) in [4.78, 5) is 2.50. The van der Waals surface area contributed by atoms with Gasteiger partial charge in [0.1, 0.15) is 11.5 Å². The first-order valence-corrected chi connectivity index (χ1v) is 6.26. The molecule has 0 radical (unpaired) electrons. The zero-order valence-corrected chi connectivity index (χ0v) is 10.9. The van der Waals surface area contributed by atoms with Gasteiger partial charge in [0.2, 0.25) is 0 Å². The average molecular weight is 235 g/mol. The number of ether oxygens (including phenoxy) is 2. The van der Waals surface area contributed by atoms with Crippen LogP contribution >= 0.6 is 0 Å². The monoisotopic (exact) mass is 235 g/mol. The zero-order valence-electron chi connectivity index (χ0n) is 10.9. The van der Waals surface area contributed by atoms with Crippen molar-refractivity contribution in [3.05, 3.63) is 23.8 Å². The van der Waals surface area contributed by atoms with Crippen molar-refractivity contribution in [1.82, 2.24) is 4.90 Å². The number of methoxy groups -OCH3 is 2. The number of benzene rings is 1. The van der Waals surface area contributed by atoms with Gasteiger partial charge in [0.05, 0.1) is 14.2 Å². The number of hydrogen-bond acceptors (Lipinski definition) is 3. The Morgan fingerprint density at radius 1 is 1.29 bits per heavy atom. The molecular formula is C14H21NO2. The minimum Gasteiger partial charge on any atom is -0.497 e. The molecule has 1 aromatic rings. The van der Waals surface area contributed by atoms with Gasteiger partial charge in [-0.2, -0.15) is 0 Å². The Labute approximate surface area is 103 Å². The van der Waals surface area contributed by atoms with Crippen molar-refractivity contribution in [3.8, 4) is 11.5 Å². The van der Waals surface area contributed by atoms with Crippen LogP contribution in [-0.2, 0) is 0 Å². The third-order valence-electron chi connectivity index (χ3n) is 3.57. The van der Waals surface area contributed by atoms with Crippen molar-refractivity contribution in [2.24, 2.45) is 0 Å². The molecule has 1 aliphatic heterocycles. The van der Waals surface area contributed by atoms with Gasteiger partial charge in [0.15, 0.2) is 0 Å². The number of rotatable bonds is 4. The Hall–Kier alpha value is -1.22. The summed E-state index contributed by atoms with van der Waals surface area (Å²) < 4.78 is 10.7. The van der Waals surface area contributed by atoms with E-state index in [2.05, 4.69) is 17.9 Å². The molecule has 3 heteroatoms. The normalized spacial score (nSPS) is 20.5. The average Bonchev–Trinajstić information content (AvgIpc) is 2.85. The first-order chi connectivity index (χ1) is 8.30. The SMILES string of the molecule is CCN1CCC[C@H]1c1ccc(OC)cc1OC. The smallest absolute Gasteiger partial charge is 0.127 e. The Bertz CT molecular complexity index is 378. The highest BCUT2D eigenvalue weighted by molar-refractivity contribution is 5.42. The second kappa shape index (κ2) is 5.41. The number of hydrogen-bond donors (Lipinski definition) is 0. The largest absolute Gasteiger partial charge is 0.497 e. The van der Waals surface area contributed by atoms with Gasteiger partial charge in [0.25, 0.3) is 0 Å². The minimum absolute atomic E-state index is 0.501. The fraction of sp³-hybridized carbons (Fsp3) is 0.571. The molecule has 0 aromatic heterocycles. The molecule has 1 heterocycles. The molecule has 0 aliphatic carbocycles. The zero-order chi connectivity index (χ0) is 12.3. The summed E-state index contributed by atoms with van der Waals surface area (Å²) >= 11 is 0. The van der Waals surface area contributed by atoms with Crippen LogP contribution in [0, 0.1) is 0 Å². The van der Waals surface area contributed by atoms with Crippen LogP contribution in [-0.4, -0.2) is 32.2 Å². The van der Waals surface area contributed by atoms with Crippen molar-refractivity contribution in [3.63, 3.8) is 0 Å². The van der Waals surface area contributed by atoms with Crippen LogP contribution in [0.25, 0.3) is 0 Å². The van der Waals surface area contributed by atoms with E-state index in [1.165, 1.54) is 24.9 Å². The van der Waals surface area contributed by atoms with E-state index in [1.807, 2.05) is 12.1 Å². The molecule has 0 bridgehead atoms. The third-order valence-corrected chi connectivity index (χ3v) is 3.57. The second-order valence-corrected chi connectivity index (χ2v) is 4.39. The molecular weight excluding hydrogens is 214 g/mol. The summed E-state index contributed by atoms with van der Waals surface area (Å²) in [5, 5.41) is 0. The van der Waals surface area contributed by atoms with Crippen molar-refractivity contribution in [2.45, 2.75) is 25.8 Å². The van der Waals surface area contributed by atoms with Gasteiger partial charge < -0.3 is 9.47 Å². The Morgan fingerprint density at radius 2 is 2.12 bits per heavy atom. The Kier molecular flexibility index (Phi) is 3.89. The van der Waals surface area contributed by atoms with E-state index in [1.54, 1.807) is 14.2 Å². The molecule has 0 N–H and O–H groups in total. The lowest BCUT2D eigenvalue weighted by atomic mass is 10.0. The van der Waals surface area contributed by atoms with E-state index in [0.29, 0.717) is 6.04 Å². The van der Waals surface area contributed by atoms with E-state index >= 15 is 0 Å². The van der Waals surface area contributed by atoms with Gasteiger partial charge in [-0.05, 0) is 32.0 Å². The molecule has 17 heavy (non-hydrogen) atoms. The molecule has 1 aliphatic rings.